The van der Waals surface area contributed by atoms with E-state index < -0.39 is 0 Å². The van der Waals surface area contributed by atoms with Crippen LogP contribution >= 0.6 is 15.9 Å². The van der Waals surface area contributed by atoms with E-state index in [1.54, 1.807) is 0 Å². The van der Waals surface area contributed by atoms with Gasteiger partial charge >= 0.3 is 0 Å². The minimum Gasteiger partial charge on any atom is -0.330 e. The molecule has 1 heterocycles. The van der Waals surface area contributed by atoms with Crippen molar-refractivity contribution >= 4 is 15.9 Å². The fraction of sp³-hybridized carbons (Fsp3) is 0.400. The lowest BCUT2D eigenvalue weighted by Gasteiger charge is -2.25. The summed E-state index contributed by atoms with van der Waals surface area (Å²) >= 11 is 3.47. The molecule has 70 valence electrons. The molecule has 0 bridgehead atoms. The molecule has 2 rings (SSSR count). The highest BCUT2D eigenvalue weighted by Gasteiger charge is 2.17. The van der Waals surface area contributed by atoms with Gasteiger partial charge in [-0.15, -0.1) is 0 Å². The van der Waals surface area contributed by atoms with E-state index in [2.05, 4.69) is 39.4 Å². The van der Waals surface area contributed by atoms with E-state index in [0.717, 1.165) is 24.1 Å². The van der Waals surface area contributed by atoms with Crippen LogP contribution in [0.1, 0.15) is 17.0 Å². The molecule has 3 N–H and O–H groups in total. The standard InChI is InChI=1S/C10H13BrN2/c11-9-1-2-10-7(3-9)5-13-6-8(10)4-12/h1-3,8,13H,4-6,12H2. The van der Waals surface area contributed by atoms with Gasteiger partial charge in [-0.1, -0.05) is 22.0 Å². The Morgan fingerprint density at radius 2 is 2.38 bits per heavy atom. The summed E-state index contributed by atoms with van der Waals surface area (Å²) in [5, 5.41) is 3.37. The van der Waals surface area contributed by atoms with Crippen LogP contribution in [0.4, 0.5) is 0 Å². The van der Waals surface area contributed by atoms with Gasteiger partial charge in [0.1, 0.15) is 0 Å². The van der Waals surface area contributed by atoms with Crippen molar-refractivity contribution in [2.24, 2.45) is 5.73 Å². The molecule has 1 aliphatic rings. The van der Waals surface area contributed by atoms with Gasteiger partial charge in [0.05, 0.1) is 0 Å². The van der Waals surface area contributed by atoms with Crippen LogP contribution < -0.4 is 11.1 Å². The number of hydrogen-bond donors (Lipinski definition) is 2. The van der Waals surface area contributed by atoms with Gasteiger partial charge in [0.25, 0.3) is 0 Å². The normalized spacial score (nSPS) is 21.2. The Balaban J connectivity index is 2.40. The Bertz CT molecular complexity index is 312. The Morgan fingerprint density at radius 1 is 1.54 bits per heavy atom. The molecule has 0 radical (unpaired) electrons. The van der Waals surface area contributed by atoms with Gasteiger partial charge in [0.2, 0.25) is 0 Å². The van der Waals surface area contributed by atoms with Crippen LogP contribution in [0.3, 0.4) is 0 Å². The number of hydrogen-bond acceptors (Lipinski definition) is 2. The number of nitrogens with two attached hydrogens (primary N) is 1. The van der Waals surface area contributed by atoms with Crippen molar-refractivity contribution in [1.82, 2.24) is 5.32 Å². The molecule has 1 aromatic carbocycles. The molecule has 0 spiro atoms. The Kier molecular flexibility index (Phi) is 2.67. The fourth-order valence-corrected chi connectivity index (χ4v) is 2.24. The lowest BCUT2D eigenvalue weighted by molar-refractivity contribution is 0.547. The van der Waals surface area contributed by atoms with Crippen LogP contribution in [0, 0.1) is 0 Å². The Hall–Kier alpha value is -0.380. The molecule has 0 aliphatic carbocycles. The molecule has 1 aliphatic heterocycles. The fourth-order valence-electron chi connectivity index (χ4n) is 1.83. The first-order valence-corrected chi connectivity index (χ1v) is 5.29. The summed E-state index contributed by atoms with van der Waals surface area (Å²) < 4.78 is 1.14. The van der Waals surface area contributed by atoms with E-state index in [-0.39, 0.29) is 0 Å². The number of benzene rings is 1. The van der Waals surface area contributed by atoms with Gasteiger partial charge in [-0.3, -0.25) is 0 Å². The third-order valence-corrected chi connectivity index (χ3v) is 3.03. The summed E-state index contributed by atoms with van der Waals surface area (Å²) in [6, 6.07) is 6.44. The second kappa shape index (κ2) is 3.78. The SMILES string of the molecule is NCC1CNCc2cc(Br)ccc21. The first-order valence-electron chi connectivity index (χ1n) is 4.50. The van der Waals surface area contributed by atoms with Crippen LogP contribution in [0.25, 0.3) is 0 Å². The van der Waals surface area contributed by atoms with Gasteiger partial charge in [-0.25, -0.2) is 0 Å². The maximum atomic E-state index is 5.70. The van der Waals surface area contributed by atoms with Crippen molar-refractivity contribution in [3.8, 4) is 0 Å². The predicted molar refractivity (Wildman–Crippen MR) is 57.6 cm³/mol. The number of fused-ring (bicyclic) bond motifs is 1. The lowest BCUT2D eigenvalue weighted by Crippen LogP contribution is -2.32. The summed E-state index contributed by atoms with van der Waals surface area (Å²) in [5.74, 6) is 0.483. The third kappa shape index (κ3) is 1.77. The van der Waals surface area contributed by atoms with E-state index in [1.807, 2.05) is 0 Å². The predicted octanol–water partition coefficient (Wildman–Crippen LogP) is 1.59. The molecule has 2 nitrogen and oxygen atoms in total. The second-order valence-electron chi connectivity index (χ2n) is 3.41. The Morgan fingerprint density at radius 3 is 3.15 bits per heavy atom. The molecule has 1 aromatic rings. The average Bonchev–Trinajstić information content (AvgIpc) is 2.16. The summed E-state index contributed by atoms with van der Waals surface area (Å²) in [4.78, 5) is 0. The van der Waals surface area contributed by atoms with E-state index >= 15 is 0 Å². The van der Waals surface area contributed by atoms with Crippen molar-refractivity contribution in [2.75, 3.05) is 13.1 Å². The highest BCUT2D eigenvalue weighted by Crippen LogP contribution is 2.25. The monoisotopic (exact) mass is 240 g/mol. The molecule has 13 heavy (non-hydrogen) atoms. The number of halogens is 1. The molecular weight excluding hydrogens is 228 g/mol. The summed E-state index contributed by atoms with van der Waals surface area (Å²) in [5.41, 5.74) is 8.48. The van der Waals surface area contributed by atoms with Crippen LogP contribution in [-0.4, -0.2) is 13.1 Å². The van der Waals surface area contributed by atoms with Crippen molar-refractivity contribution in [3.63, 3.8) is 0 Å². The molecule has 0 fully saturated rings. The first-order chi connectivity index (χ1) is 6.31. The third-order valence-electron chi connectivity index (χ3n) is 2.54. The zero-order chi connectivity index (χ0) is 9.26. The van der Waals surface area contributed by atoms with Gasteiger partial charge in [-0.2, -0.15) is 0 Å². The lowest BCUT2D eigenvalue weighted by atomic mass is 9.91. The van der Waals surface area contributed by atoms with Crippen molar-refractivity contribution in [2.45, 2.75) is 12.5 Å². The second-order valence-corrected chi connectivity index (χ2v) is 4.32. The largest absolute Gasteiger partial charge is 0.330 e. The number of nitrogens with one attached hydrogen (secondary N) is 1. The average molecular weight is 241 g/mol. The molecular formula is C10H13BrN2. The van der Waals surface area contributed by atoms with Gasteiger partial charge in [0.15, 0.2) is 0 Å². The van der Waals surface area contributed by atoms with E-state index in [9.17, 15) is 0 Å². The zero-order valence-corrected chi connectivity index (χ0v) is 8.97. The molecule has 0 saturated heterocycles. The van der Waals surface area contributed by atoms with Crippen molar-refractivity contribution in [1.29, 1.82) is 0 Å². The molecule has 1 unspecified atom stereocenters. The zero-order valence-electron chi connectivity index (χ0n) is 7.39. The summed E-state index contributed by atoms with van der Waals surface area (Å²) in [7, 11) is 0. The van der Waals surface area contributed by atoms with Crippen molar-refractivity contribution in [3.05, 3.63) is 33.8 Å². The molecule has 0 amide bonds. The van der Waals surface area contributed by atoms with Gasteiger partial charge in [0, 0.05) is 30.0 Å². The molecule has 0 saturated carbocycles. The number of rotatable bonds is 1. The highest BCUT2D eigenvalue weighted by molar-refractivity contribution is 9.10. The van der Waals surface area contributed by atoms with Crippen LogP contribution in [0.2, 0.25) is 0 Å². The summed E-state index contributed by atoms with van der Waals surface area (Å²) in [6.07, 6.45) is 0. The highest BCUT2D eigenvalue weighted by atomic mass is 79.9. The molecule has 1 atom stereocenters. The van der Waals surface area contributed by atoms with Crippen molar-refractivity contribution < 1.29 is 0 Å². The van der Waals surface area contributed by atoms with E-state index in [1.165, 1.54) is 11.1 Å². The van der Waals surface area contributed by atoms with Crippen LogP contribution in [0.15, 0.2) is 22.7 Å². The van der Waals surface area contributed by atoms with E-state index in [0.29, 0.717) is 5.92 Å². The quantitative estimate of drug-likeness (QED) is 0.783. The maximum absolute atomic E-state index is 5.70. The maximum Gasteiger partial charge on any atom is 0.0209 e. The topological polar surface area (TPSA) is 38.0 Å². The van der Waals surface area contributed by atoms with Gasteiger partial charge < -0.3 is 11.1 Å². The van der Waals surface area contributed by atoms with Gasteiger partial charge in [-0.05, 0) is 23.3 Å². The Labute approximate surface area is 86.6 Å². The molecule has 3 heteroatoms. The first kappa shape index (κ1) is 9.19. The smallest absolute Gasteiger partial charge is 0.0209 e. The summed E-state index contributed by atoms with van der Waals surface area (Å²) in [6.45, 7) is 2.69. The van der Waals surface area contributed by atoms with Crippen LogP contribution in [0.5, 0.6) is 0 Å². The van der Waals surface area contributed by atoms with E-state index in [4.69, 9.17) is 5.73 Å². The molecule has 0 aromatic heterocycles. The van der Waals surface area contributed by atoms with Crippen LogP contribution in [-0.2, 0) is 6.54 Å². The minimum absolute atomic E-state index is 0.483. The minimum atomic E-state index is 0.483.